The van der Waals surface area contributed by atoms with E-state index >= 15 is 0 Å². The Morgan fingerprint density at radius 1 is 1.15 bits per heavy atom. The minimum Gasteiger partial charge on any atom is -0.495 e. The number of hydrogen-bond acceptors (Lipinski definition) is 9. The molecular weight excluding hydrogens is 466 g/mol. The summed E-state index contributed by atoms with van der Waals surface area (Å²) in [6.07, 6.45) is 0. The van der Waals surface area contributed by atoms with Gasteiger partial charge in [-0.3, -0.25) is 4.72 Å². The highest BCUT2D eigenvalue weighted by Crippen LogP contribution is 2.28. The summed E-state index contributed by atoms with van der Waals surface area (Å²) in [5.74, 6) is -0.137. The molecule has 2 aromatic heterocycles. The fourth-order valence-electron chi connectivity index (χ4n) is 2.87. The number of rotatable bonds is 8. The zero-order chi connectivity index (χ0) is 23.4. The van der Waals surface area contributed by atoms with Crippen molar-refractivity contribution in [2.24, 2.45) is 0 Å². The van der Waals surface area contributed by atoms with Crippen LogP contribution in [0.3, 0.4) is 0 Å². The smallest absolute Gasteiger partial charge is 0.338 e. The van der Waals surface area contributed by atoms with Gasteiger partial charge in [0, 0.05) is 5.69 Å². The van der Waals surface area contributed by atoms with Crippen LogP contribution in [0.15, 0.2) is 69.4 Å². The molecule has 2 aromatic carbocycles. The van der Waals surface area contributed by atoms with Crippen molar-refractivity contribution in [1.29, 1.82) is 0 Å². The monoisotopic (exact) mass is 485 g/mol. The third-order valence-electron chi connectivity index (χ3n) is 4.53. The van der Waals surface area contributed by atoms with Crippen molar-refractivity contribution in [3.63, 3.8) is 0 Å². The molecule has 0 saturated heterocycles. The van der Waals surface area contributed by atoms with Crippen LogP contribution < -0.4 is 9.46 Å². The van der Waals surface area contributed by atoms with Crippen LogP contribution in [-0.4, -0.2) is 31.6 Å². The average Bonchev–Trinajstić information content (AvgIpc) is 3.50. The van der Waals surface area contributed by atoms with E-state index in [0.29, 0.717) is 11.6 Å². The van der Waals surface area contributed by atoms with E-state index in [9.17, 15) is 13.2 Å². The number of esters is 1. The van der Waals surface area contributed by atoms with Gasteiger partial charge in [-0.05, 0) is 48.7 Å². The highest BCUT2D eigenvalue weighted by molar-refractivity contribution is 7.92. The maximum Gasteiger partial charge on any atom is 0.338 e. The zero-order valence-corrected chi connectivity index (χ0v) is 19.3. The summed E-state index contributed by atoms with van der Waals surface area (Å²) in [5.41, 5.74) is 1.40. The van der Waals surface area contributed by atoms with Crippen LogP contribution in [0.4, 0.5) is 5.69 Å². The molecular formula is C22H19N3O6S2. The van der Waals surface area contributed by atoms with Crippen molar-refractivity contribution in [2.45, 2.75) is 18.4 Å². The molecule has 4 rings (SSSR count). The Kier molecular flexibility index (Phi) is 6.43. The molecule has 0 bridgehead atoms. The fourth-order valence-corrected chi connectivity index (χ4v) is 4.77. The second-order valence-electron chi connectivity index (χ2n) is 6.91. The van der Waals surface area contributed by atoms with Crippen LogP contribution in [0.2, 0.25) is 0 Å². The summed E-state index contributed by atoms with van der Waals surface area (Å²) >= 11 is 1.44. The van der Waals surface area contributed by atoms with Gasteiger partial charge in [-0.2, -0.15) is 4.98 Å². The molecule has 0 aliphatic carbocycles. The van der Waals surface area contributed by atoms with Crippen molar-refractivity contribution >= 4 is 33.0 Å². The van der Waals surface area contributed by atoms with Gasteiger partial charge in [0.05, 0.1) is 17.6 Å². The lowest BCUT2D eigenvalue weighted by Crippen LogP contribution is -2.15. The summed E-state index contributed by atoms with van der Waals surface area (Å²) < 4.78 is 44.0. The van der Waals surface area contributed by atoms with Crippen molar-refractivity contribution < 1.29 is 27.2 Å². The number of aromatic nitrogens is 2. The Morgan fingerprint density at radius 3 is 2.64 bits per heavy atom. The van der Waals surface area contributed by atoms with Crippen molar-refractivity contribution in [3.8, 4) is 16.5 Å². The predicted molar refractivity (Wildman–Crippen MR) is 122 cm³/mol. The van der Waals surface area contributed by atoms with E-state index in [4.69, 9.17) is 14.0 Å². The molecule has 9 nitrogen and oxygen atoms in total. The number of hydrogen-bond donors (Lipinski definition) is 1. The maximum absolute atomic E-state index is 13.0. The van der Waals surface area contributed by atoms with Crippen LogP contribution in [0.5, 0.6) is 5.75 Å². The Bertz CT molecular complexity index is 1360. The number of thiophene rings is 1. The first-order chi connectivity index (χ1) is 15.9. The van der Waals surface area contributed by atoms with Gasteiger partial charge >= 0.3 is 5.97 Å². The lowest BCUT2D eigenvalue weighted by atomic mass is 10.2. The second-order valence-corrected chi connectivity index (χ2v) is 9.50. The molecule has 0 unspecified atom stereocenters. The normalized spacial score (nSPS) is 11.2. The number of nitrogens with one attached hydrogen (secondary N) is 1. The molecule has 0 aliphatic heterocycles. The van der Waals surface area contributed by atoms with Crippen LogP contribution in [0, 0.1) is 6.92 Å². The number of sulfonamides is 1. The predicted octanol–water partition coefficient (Wildman–Crippen LogP) is 4.27. The van der Waals surface area contributed by atoms with Crippen LogP contribution in [0.1, 0.15) is 21.7 Å². The molecule has 11 heteroatoms. The molecule has 0 aliphatic rings. The van der Waals surface area contributed by atoms with Gasteiger partial charge in [0.1, 0.15) is 10.6 Å². The highest BCUT2D eigenvalue weighted by Gasteiger charge is 2.23. The number of carbonyl (C=O) groups is 1. The highest BCUT2D eigenvalue weighted by atomic mass is 32.2. The first-order valence-corrected chi connectivity index (χ1v) is 12.0. The molecule has 0 fully saturated rings. The average molecular weight is 486 g/mol. The number of carbonyl (C=O) groups excluding carboxylic acids is 1. The van der Waals surface area contributed by atoms with Crippen LogP contribution in [0.25, 0.3) is 10.8 Å². The lowest BCUT2D eigenvalue weighted by Gasteiger charge is -2.13. The van der Waals surface area contributed by atoms with Crippen LogP contribution in [-0.2, 0) is 21.4 Å². The molecule has 2 heterocycles. The first-order valence-electron chi connectivity index (χ1n) is 9.67. The van der Waals surface area contributed by atoms with Crippen molar-refractivity contribution in [1.82, 2.24) is 10.1 Å². The third-order valence-corrected chi connectivity index (χ3v) is 6.79. The maximum atomic E-state index is 13.0. The van der Waals surface area contributed by atoms with Gasteiger partial charge in [-0.15, -0.1) is 11.3 Å². The lowest BCUT2D eigenvalue weighted by molar-refractivity contribution is 0.0459. The molecule has 0 atom stereocenters. The molecule has 33 heavy (non-hydrogen) atoms. The summed E-state index contributed by atoms with van der Waals surface area (Å²) in [5, 5.41) is 5.67. The zero-order valence-electron chi connectivity index (χ0n) is 17.6. The quantitative estimate of drug-likeness (QED) is 0.367. The van der Waals surface area contributed by atoms with Gasteiger partial charge in [0.25, 0.3) is 15.9 Å². The number of aryl methyl sites for hydroxylation is 1. The Hall–Kier alpha value is -3.70. The second kappa shape index (κ2) is 9.43. The Morgan fingerprint density at radius 2 is 1.94 bits per heavy atom. The Balaban J connectivity index is 1.50. The molecule has 0 amide bonds. The number of ether oxygens (including phenoxy) is 2. The van der Waals surface area contributed by atoms with E-state index in [1.54, 1.807) is 24.3 Å². The number of benzene rings is 2. The standard InChI is InChI=1S/C22H19N3O6S2/c1-14-5-8-16(9-6-14)25-33(27,28)19-12-15(7-10-17(19)29-2)22(26)30-13-20-23-21(31-24-20)18-4-3-11-32-18/h3-12,25H,13H2,1-2H3. The van der Waals surface area contributed by atoms with E-state index in [-0.39, 0.29) is 28.6 Å². The van der Waals surface area contributed by atoms with E-state index in [1.165, 1.54) is 36.6 Å². The fraction of sp³-hybridized carbons (Fsp3) is 0.136. The summed E-state index contributed by atoms with van der Waals surface area (Å²) in [6.45, 7) is 1.66. The number of nitrogens with zero attached hydrogens (tertiary/aromatic N) is 2. The molecule has 0 radical (unpaired) electrons. The SMILES string of the molecule is COc1ccc(C(=O)OCc2noc(-c3cccs3)n2)cc1S(=O)(=O)Nc1ccc(C)cc1. The van der Waals surface area contributed by atoms with Crippen LogP contribution >= 0.6 is 11.3 Å². The molecule has 170 valence electrons. The van der Waals surface area contributed by atoms with Gasteiger partial charge < -0.3 is 14.0 Å². The van der Waals surface area contributed by atoms with E-state index in [0.717, 1.165) is 10.4 Å². The summed E-state index contributed by atoms with van der Waals surface area (Å²) in [6, 6.07) is 14.5. The van der Waals surface area contributed by atoms with Gasteiger partial charge in [0.2, 0.25) is 5.82 Å². The van der Waals surface area contributed by atoms with E-state index < -0.39 is 16.0 Å². The third kappa shape index (κ3) is 5.21. The Labute approximate surface area is 194 Å². The molecule has 1 N–H and O–H groups in total. The van der Waals surface area contributed by atoms with Crippen molar-refractivity contribution in [3.05, 3.63) is 76.9 Å². The molecule has 0 spiro atoms. The first kappa shape index (κ1) is 22.5. The topological polar surface area (TPSA) is 121 Å². The summed E-state index contributed by atoms with van der Waals surface area (Å²) in [7, 11) is -2.69. The number of methoxy groups -OCH3 is 1. The number of anilines is 1. The van der Waals surface area contributed by atoms with Gasteiger partial charge in [0.15, 0.2) is 6.61 Å². The van der Waals surface area contributed by atoms with Gasteiger partial charge in [-0.25, -0.2) is 13.2 Å². The largest absolute Gasteiger partial charge is 0.495 e. The summed E-state index contributed by atoms with van der Waals surface area (Å²) in [4.78, 5) is 17.4. The van der Waals surface area contributed by atoms with E-state index in [1.807, 2.05) is 24.4 Å². The minimum atomic E-state index is -4.04. The minimum absolute atomic E-state index is 0.0297. The molecule has 0 saturated carbocycles. The van der Waals surface area contributed by atoms with Crippen molar-refractivity contribution in [2.75, 3.05) is 11.8 Å². The van der Waals surface area contributed by atoms with Gasteiger partial charge in [-0.1, -0.05) is 28.9 Å². The van der Waals surface area contributed by atoms with E-state index in [2.05, 4.69) is 14.9 Å². The molecule has 4 aromatic rings.